The lowest BCUT2D eigenvalue weighted by atomic mass is 10.2. The summed E-state index contributed by atoms with van der Waals surface area (Å²) in [7, 11) is 6.10. The zero-order valence-corrected chi connectivity index (χ0v) is 20.1. The van der Waals surface area contributed by atoms with E-state index < -0.39 is 12.1 Å². The Hall–Kier alpha value is -4.60. The van der Waals surface area contributed by atoms with E-state index in [1.54, 1.807) is 68.8 Å². The number of ether oxygens (including phenoxy) is 4. The van der Waals surface area contributed by atoms with Gasteiger partial charge < -0.3 is 40.2 Å². The zero-order chi connectivity index (χ0) is 25.4. The fourth-order valence-corrected chi connectivity index (χ4v) is 3.20. The number of benzene rings is 3. The van der Waals surface area contributed by atoms with Gasteiger partial charge in [-0.3, -0.25) is 0 Å². The Labute approximate surface area is 203 Å². The number of amides is 4. The van der Waals surface area contributed by atoms with Crippen LogP contribution < -0.4 is 40.2 Å². The smallest absolute Gasteiger partial charge is 0.323 e. The Morgan fingerprint density at radius 1 is 0.571 bits per heavy atom. The van der Waals surface area contributed by atoms with Gasteiger partial charge in [-0.2, -0.15) is 0 Å². The van der Waals surface area contributed by atoms with Crippen molar-refractivity contribution < 1.29 is 28.5 Å². The third-order valence-corrected chi connectivity index (χ3v) is 5.06. The predicted molar refractivity (Wildman–Crippen MR) is 136 cm³/mol. The average Bonchev–Trinajstić information content (AvgIpc) is 2.86. The number of carbonyl (C=O) groups excluding carboxylic acids is 2. The minimum atomic E-state index is -0.476. The van der Waals surface area contributed by atoms with Crippen LogP contribution in [0.2, 0.25) is 0 Å². The van der Waals surface area contributed by atoms with Gasteiger partial charge in [-0.1, -0.05) is 6.07 Å². The van der Waals surface area contributed by atoms with Crippen molar-refractivity contribution in [3.05, 3.63) is 60.2 Å². The fourth-order valence-electron chi connectivity index (χ4n) is 3.20. The van der Waals surface area contributed by atoms with Crippen molar-refractivity contribution >= 4 is 34.8 Å². The van der Waals surface area contributed by atoms with E-state index >= 15 is 0 Å². The highest BCUT2D eigenvalue weighted by atomic mass is 16.5. The van der Waals surface area contributed by atoms with Crippen LogP contribution in [0.5, 0.6) is 23.0 Å². The molecule has 0 aromatic heterocycles. The van der Waals surface area contributed by atoms with Crippen molar-refractivity contribution in [2.75, 3.05) is 49.7 Å². The fraction of sp³-hybridized carbons (Fsp3) is 0.200. The van der Waals surface area contributed by atoms with Crippen LogP contribution in [0.15, 0.2) is 54.6 Å². The molecule has 10 nitrogen and oxygen atoms in total. The molecule has 4 N–H and O–H groups in total. The molecule has 3 aromatic carbocycles. The third kappa shape index (κ3) is 6.47. The number of hydrogen-bond donors (Lipinski definition) is 4. The van der Waals surface area contributed by atoms with Crippen molar-refractivity contribution in [2.45, 2.75) is 6.92 Å². The Kier molecular flexibility index (Phi) is 8.23. The van der Waals surface area contributed by atoms with Gasteiger partial charge in [0.25, 0.3) is 0 Å². The molecule has 0 atom stereocenters. The zero-order valence-electron chi connectivity index (χ0n) is 20.1. The highest BCUT2D eigenvalue weighted by Gasteiger charge is 2.13. The molecule has 0 radical (unpaired) electrons. The number of hydrogen-bond acceptors (Lipinski definition) is 6. The first kappa shape index (κ1) is 25.0. The minimum Gasteiger partial charge on any atom is -0.497 e. The summed E-state index contributed by atoms with van der Waals surface area (Å²) in [4.78, 5) is 25.2. The van der Waals surface area contributed by atoms with E-state index in [0.717, 1.165) is 5.56 Å². The number of aryl methyl sites for hydroxylation is 1. The molecule has 3 aromatic rings. The van der Waals surface area contributed by atoms with Crippen LogP contribution in [0, 0.1) is 6.92 Å². The maximum absolute atomic E-state index is 12.6. The molecule has 35 heavy (non-hydrogen) atoms. The van der Waals surface area contributed by atoms with E-state index in [1.807, 2.05) is 6.92 Å². The lowest BCUT2D eigenvalue weighted by molar-refractivity contribution is 0.261. The Balaban J connectivity index is 1.68. The molecule has 0 saturated heterocycles. The summed E-state index contributed by atoms with van der Waals surface area (Å²) >= 11 is 0. The molecule has 0 aliphatic heterocycles. The Morgan fingerprint density at radius 3 is 1.54 bits per heavy atom. The van der Waals surface area contributed by atoms with E-state index in [1.165, 1.54) is 14.2 Å². The van der Waals surface area contributed by atoms with Crippen molar-refractivity contribution in [3.8, 4) is 23.0 Å². The van der Waals surface area contributed by atoms with E-state index in [0.29, 0.717) is 45.7 Å². The first-order chi connectivity index (χ1) is 16.9. The van der Waals surface area contributed by atoms with Crippen molar-refractivity contribution in [1.29, 1.82) is 0 Å². The van der Waals surface area contributed by atoms with Gasteiger partial charge in [-0.25, -0.2) is 9.59 Å². The first-order valence-electron chi connectivity index (χ1n) is 10.6. The van der Waals surface area contributed by atoms with Gasteiger partial charge >= 0.3 is 12.1 Å². The second-order valence-corrected chi connectivity index (χ2v) is 7.32. The molecule has 0 heterocycles. The summed E-state index contributed by atoms with van der Waals surface area (Å²) < 4.78 is 21.0. The van der Waals surface area contributed by atoms with Gasteiger partial charge in [0, 0.05) is 23.5 Å². The molecule has 0 spiro atoms. The largest absolute Gasteiger partial charge is 0.497 e. The molecule has 0 bridgehead atoms. The SMILES string of the molecule is COc1ccc(NC(=O)Nc2ccc(C)c(NC(=O)Nc3ccc(OC)cc3OC)c2)c(OC)c1. The van der Waals surface area contributed by atoms with Crippen LogP contribution >= 0.6 is 0 Å². The summed E-state index contributed by atoms with van der Waals surface area (Å²) in [6, 6.07) is 14.3. The molecule has 184 valence electrons. The highest BCUT2D eigenvalue weighted by molar-refractivity contribution is 6.03. The quantitative estimate of drug-likeness (QED) is 0.347. The van der Waals surface area contributed by atoms with E-state index in [9.17, 15) is 9.59 Å². The maximum Gasteiger partial charge on any atom is 0.323 e. The maximum atomic E-state index is 12.6. The van der Waals surface area contributed by atoms with Crippen LogP contribution in [0.4, 0.5) is 32.3 Å². The van der Waals surface area contributed by atoms with Crippen LogP contribution in [-0.2, 0) is 0 Å². The van der Waals surface area contributed by atoms with Crippen LogP contribution in [0.1, 0.15) is 5.56 Å². The Morgan fingerprint density at radius 2 is 1.06 bits per heavy atom. The van der Waals surface area contributed by atoms with Crippen LogP contribution in [0.3, 0.4) is 0 Å². The van der Waals surface area contributed by atoms with E-state index in [-0.39, 0.29) is 0 Å². The van der Waals surface area contributed by atoms with Crippen LogP contribution in [0.25, 0.3) is 0 Å². The molecule has 0 fully saturated rings. The molecule has 10 heteroatoms. The Bertz CT molecular complexity index is 1210. The molecule has 3 rings (SSSR count). The number of carbonyl (C=O) groups is 2. The molecule has 0 saturated carbocycles. The number of nitrogens with one attached hydrogen (secondary N) is 4. The van der Waals surface area contributed by atoms with E-state index in [4.69, 9.17) is 18.9 Å². The number of methoxy groups -OCH3 is 4. The van der Waals surface area contributed by atoms with E-state index in [2.05, 4.69) is 21.3 Å². The summed E-state index contributed by atoms with van der Waals surface area (Å²) in [6.07, 6.45) is 0. The second kappa shape index (κ2) is 11.5. The molecule has 0 unspecified atom stereocenters. The normalized spacial score (nSPS) is 10.1. The number of anilines is 4. The predicted octanol–water partition coefficient (Wildman–Crippen LogP) is 5.32. The van der Waals surface area contributed by atoms with Gasteiger partial charge in [-0.15, -0.1) is 0 Å². The van der Waals surface area contributed by atoms with Crippen molar-refractivity contribution in [1.82, 2.24) is 0 Å². The summed E-state index contributed by atoms with van der Waals surface area (Å²) in [5, 5.41) is 11.0. The highest BCUT2D eigenvalue weighted by Crippen LogP contribution is 2.30. The molecular formula is C25H28N4O6. The minimum absolute atomic E-state index is 0.455. The number of rotatable bonds is 8. The molecule has 0 aliphatic rings. The third-order valence-electron chi connectivity index (χ3n) is 5.06. The van der Waals surface area contributed by atoms with Gasteiger partial charge in [0.1, 0.15) is 23.0 Å². The summed E-state index contributed by atoms with van der Waals surface area (Å²) in [5.74, 6) is 2.12. The average molecular weight is 481 g/mol. The van der Waals surface area contributed by atoms with Crippen LogP contribution in [-0.4, -0.2) is 40.5 Å². The monoisotopic (exact) mass is 480 g/mol. The van der Waals surface area contributed by atoms with Gasteiger partial charge in [0.2, 0.25) is 0 Å². The number of urea groups is 2. The summed E-state index contributed by atoms with van der Waals surface area (Å²) in [6.45, 7) is 1.84. The molecule has 4 amide bonds. The second-order valence-electron chi connectivity index (χ2n) is 7.32. The van der Waals surface area contributed by atoms with Crippen molar-refractivity contribution in [3.63, 3.8) is 0 Å². The van der Waals surface area contributed by atoms with Gasteiger partial charge in [0.05, 0.1) is 39.8 Å². The first-order valence-corrected chi connectivity index (χ1v) is 10.6. The lowest BCUT2D eigenvalue weighted by Gasteiger charge is -2.15. The van der Waals surface area contributed by atoms with Gasteiger partial charge in [-0.05, 0) is 48.9 Å². The molecule has 0 aliphatic carbocycles. The summed E-state index contributed by atoms with van der Waals surface area (Å²) in [5.41, 5.74) is 2.77. The molecular weight excluding hydrogens is 452 g/mol. The van der Waals surface area contributed by atoms with Crippen molar-refractivity contribution in [2.24, 2.45) is 0 Å². The topological polar surface area (TPSA) is 119 Å². The lowest BCUT2D eigenvalue weighted by Crippen LogP contribution is -2.22. The standard InChI is InChI=1S/C25H28N4O6/c1-15-6-7-16(26-24(30)27-19-10-8-17(32-2)13-22(19)34-4)12-21(15)29-25(31)28-20-11-9-18(33-3)14-23(20)35-5/h6-14H,1-5H3,(H2,26,27,30)(H2,28,29,31). The van der Waals surface area contributed by atoms with Gasteiger partial charge in [0.15, 0.2) is 0 Å².